The van der Waals surface area contributed by atoms with Crippen molar-refractivity contribution in [2.24, 2.45) is 11.7 Å². The van der Waals surface area contributed by atoms with Gasteiger partial charge in [0.1, 0.15) is 5.75 Å². The van der Waals surface area contributed by atoms with Crippen molar-refractivity contribution in [2.45, 2.75) is 26.3 Å². The van der Waals surface area contributed by atoms with Crippen LogP contribution in [-0.2, 0) is 0 Å². The van der Waals surface area contributed by atoms with Crippen LogP contribution in [0.25, 0.3) is 10.8 Å². The maximum absolute atomic E-state index is 12.3. The first-order chi connectivity index (χ1) is 10.0. The average Bonchev–Trinajstić information content (AvgIpc) is 2.46. The number of carbonyl (C=O) groups is 1. The van der Waals surface area contributed by atoms with Gasteiger partial charge >= 0.3 is 0 Å². The van der Waals surface area contributed by atoms with Crippen LogP contribution in [0, 0.1) is 5.92 Å². The van der Waals surface area contributed by atoms with E-state index in [4.69, 9.17) is 5.73 Å². The number of benzene rings is 2. The van der Waals surface area contributed by atoms with Gasteiger partial charge in [-0.3, -0.25) is 4.79 Å². The molecule has 1 unspecified atom stereocenters. The van der Waals surface area contributed by atoms with E-state index in [-0.39, 0.29) is 23.3 Å². The minimum absolute atomic E-state index is 0.0194. The molecule has 0 saturated carbocycles. The van der Waals surface area contributed by atoms with Gasteiger partial charge in [0.25, 0.3) is 5.91 Å². The summed E-state index contributed by atoms with van der Waals surface area (Å²) in [7, 11) is 0. The van der Waals surface area contributed by atoms with E-state index in [1.165, 1.54) is 0 Å². The Hall–Kier alpha value is -2.07. The molecule has 0 aliphatic heterocycles. The number of hydrogen-bond acceptors (Lipinski definition) is 3. The fourth-order valence-corrected chi connectivity index (χ4v) is 2.48. The molecule has 0 heterocycles. The summed E-state index contributed by atoms with van der Waals surface area (Å²) in [4.78, 5) is 12.3. The second-order valence-corrected chi connectivity index (χ2v) is 5.72. The lowest BCUT2D eigenvalue weighted by molar-refractivity contribution is 0.0931. The number of aromatic hydroxyl groups is 1. The first-order valence-electron chi connectivity index (χ1n) is 7.24. The largest absolute Gasteiger partial charge is 0.506 e. The molecular formula is C17H22N2O2. The first-order valence-corrected chi connectivity index (χ1v) is 7.24. The van der Waals surface area contributed by atoms with Crippen molar-refractivity contribution in [1.29, 1.82) is 0 Å². The summed E-state index contributed by atoms with van der Waals surface area (Å²) >= 11 is 0. The summed E-state index contributed by atoms with van der Waals surface area (Å²) in [5.74, 6) is 0.185. The van der Waals surface area contributed by atoms with E-state index in [1.54, 1.807) is 12.1 Å². The van der Waals surface area contributed by atoms with Crippen LogP contribution in [0.4, 0.5) is 0 Å². The van der Waals surface area contributed by atoms with Crippen LogP contribution in [0.2, 0.25) is 0 Å². The van der Waals surface area contributed by atoms with Gasteiger partial charge in [-0.2, -0.15) is 0 Å². The van der Waals surface area contributed by atoms with E-state index < -0.39 is 0 Å². The van der Waals surface area contributed by atoms with Crippen LogP contribution < -0.4 is 11.1 Å². The van der Waals surface area contributed by atoms with Crippen molar-refractivity contribution in [3.63, 3.8) is 0 Å². The van der Waals surface area contributed by atoms with Gasteiger partial charge in [-0.25, -0.2) is 0 Å². The lowest BCUT2D eigenvalue weighted by Crippen LogP contribution is -2.41. The lowest BCUT2D eigenvalue weighted by Gasteiger charge is -2.19. The molecule has 21 heavy (non-hydrogen) atoms. The van der Waals surface area contributed by atoms with Crippen LogP contribution in [0.3, 0.4) is 0 Å². The maximum Gasteiger partial charge on any atom is 0.255 e. The van der Waals surface area contributed by atoms with Crippen molar-refractivity contribution in [1.82, 2.24) is 5.32 Å². The number of amides is 1. The van der Waals surface area contributed by atoms with Crippen molar-refractivity contribution < 1.29 is 9.90 Å². The van der Waals surface area contributed by atoms with E-state index >= 15 is 0 Å². The fraction of sp³-hybridized carbons (Fsp3) is 0.353. The van der Waals surface area contributed by atoms with E-state index in [0.29, 0.717) is 17.8 Å². The molecular weight excluding hydrogens is 264 g/mol. The van der Waals surface area contributed by atoms with Crippen LogP contribution in [-0.4, -0.2) is 23.6 Å². The molecule has 4 heteroatoms. The van der Waals surface area contributed by atoms with Gasteiger partial charge in [-0.1, -0.05) is 44.2 Å². The second-order valence-electron chi connectivity index (χ2n) is 5.72. The Labute approximate surface area is 125 Å². The number of nitrogens with one attached hydrogen (secondary N) is 1. The van der Waals surface area contributed by atoms with E-state index in [9.17, 15) is 9.90 Å². The Bertz CT molecular complexity index is 638. The number of phenols is 1. The summed E-state index contributed by atoms with van der Waals surface area (Å²) in [5, 5.41) is 14.8. The number of phenolic OH excluding ortho intramolecular Hbond substituents is 1. The molecule has 4 N–H and O–H groups in total. The predicted molar refractivity (Wildman–Crippen MR) is 85.4 cm³/mol. The number of nitrogens with two attached hydrogens (primary N) is 1. The summed E-state index contributed by atoms with van der Waals surface area (Å²) in [5.41, 5.74) is 5.99. The molecule has 0 aliphatic carbocycles. The summed E-state index contributed by atoms with van der Waals surface area (Å²) < 4.78 is 0. The highest BCUT2D eigenvalue weighted by molar-refractivity contribution is 6.03. The Kier molecular flexibility index (Phi) is 4.81. The molecule has 2 rings (SSSR count). The summed E-state index contributed by atoms with van der Waals surface area (Å²) in [6, 6.07) is 10.8. The molecule has 2 aromatic carbocycles. The van der Waals surface area contributed by atoms with Crippen molar-refractivity contribution in [3.05, 3.63) is 42.0 Å². The van der Waals surface area contributed by atoms with Gasteiger partial charge in [0.15, 0.2) is 0 Å². The Morgan fingerprint density at radius 2 is 1.95 bits per heavy atom. The van der Waals surface area contributed by atoms with Crippen molar-refractivity contribution >= 4 is 16.7 Å². The molecule has 0 radical (unpaired) electrons. The van der Waals surface area contributed by atoms with Crippen molar-refractivity contribution in [3.8, 4) is 5.75 Å². The zero-order valence-corrected chi connectivity index (χ0v) is 12.5. The second kappa shape index (κ2) is 6.59. The number of rotatable bonds is 5. The molecule has 1 amide bonds. The number of carbonyl (C=O) groups excluding carboxylic acids is 1. The van der Waals surface area contributed by atoms with Gasteiger partial charge in [-0.05, 0) is 23.8 Å². The highest BCUT2D eigenvalue weighted by atomic mass is 16.3. The van der Waals surface area contributed by atoms with Crippen LogP contribution in [0.5, 0.6) is 5.75 Å². The highest BCUT2D eigenvalue weighted by Gasteiger charge is 2.17. The third-order valence-corrected chi connectivity index (χ3v) is 3.52. The number of hydrogen-bond donors (Lipinski definition) is 3. The summed E-state index contributed by atoms with van der Waals surface area (Å²) in [6.45, 7) is 4.56. The van der Waals surface area contributed by atoms with Crippen molar-refractivity contribution in [2.75, 3.05) is 6.54 Å². The molecule has 112 valence electrons. The molecule has 4 nitrogen and oxygen atoms in total. The number of fused-ring (bicyclic) bond motifs is 1. The van der Waals surface area contributed by atoms with Gasteiger partial charge in [0.2, 0.25) is 0 Å². The topological polar surface area (TPSA) is 75.3 Å². The average molecular weight is 286 g/mol. The Balaban J connectivity index is 2.25. The van der Waals surface area contributed by atoms with E-state index in [1.807, 2.05) is 24.3 Å². The zero-order chi connectivity index (χ0) is 15.4. The Morgan fingerprint density at radius 3 is 2.62 bits per heavy atom. The molecule has 1 atom stereocenters. The van der Waals surface area contributed by atoms with Gasteiger partial charge < -0.3 is 16.2 Å². The molecule has 0 bridgehead atoms. The van der Waals surface area contributed by atoms with E-state index in [0.717, 1.165) is 11.8 Å². The molecule has 0 fully saturated rings. The van der Waals surface area contributed by atoms with Gasteiger partial charge in [-0.15, -0.1) is 0 Å². The van der Waals surface area contributed by atoms with Crippen LogP contribution in [0.1, 0.15) is 30.6 Å². The van der Waals surface area contributed by atoms with Gasteiger partial charge in [0, 0.05) is 18.0 Å². The third-order valence-electron chi connectivity index (χ3n) is 3.52. The molecule has 2 aromatic rings. The fourth-order valence-electron chi connectivity index (χ4n) is 2.48. The van der Waals surface area contributed by atoms with Crippen LogP contribution >= 0.6 is 0 Å². The zero-order valence-electron chi connectivity index (χ0n) is 12.5. The normalized spacial score (nSPS) is 12.6. The van der Waals surface area contributed by atoms with Gasteiger partial charge in [0.05, 0.1) is 5.56 Å². The monoisotopic (exact) mass is 286 g/mol. The third kappa shape index (κ3) is 3.52. The summed E-state index contributed by atoms with van der Waals surface area (Å²) in [6.07, 6.45) is 0.816. The molecule has 0 spiro atoms. The maximum atomic E-state index is 12.3. The molecule has 0 saturated heterocycles. The molecule has 0 aromatic heterocycles. The quantitative estimate of drug-likeness (QED) is 0.791. The first kappa shape index (κ1) is 15.3. The molecule has 0 aliphatic rings. The van der Waals surface area contributed by atoms with E-state index in [2.05, 4.69) is 19.2 Å². The van der Waals surface area contributed by atoms with Crippen LogP contribution in [0.15, 0.2) is 36.4 Å². The smallest absolute Gasteiger partial charge is 0.255 e. The SMILES string of the molecule is CC(C)CC(CN)NC(=O)c1ccc2ccccc2c1O. The highest BCUT2D eigenvalue weighted by Crippen LogP contribution is 2.28. The minimum atomic E-state index is -0.283. The predicted octanol–water partition coefficient (Wildman–Crippen LogP) is 2.65. The Morgan fingerprint density at radius 1 is 1.24 bits per heavy atom. The standard InChI is InChI=1S/C17H22N2O2/c1-11(2)9-13(10-18)19-17(21)15-8-7-12-5-3-4-6-14(12)16(15)20/h3-8,11,13,20H,9-10,18H2,1-2H3,(H,19,21). The minimum Gasteiger partial charge on any atom is -0.506 e. The lowest BCUT2D eigenvalue weighted by atomic mass is 10.0.